The molecule has 0 radical (unpaired) electrons. The smallest absolute Gasteiger partial charge is 0.194 e. The number of aryl methyl sites for hydroxylation is 1. The highest BCUT2D eigenvalue weighted by molar-refractivity contribution is 5.79. The molecule has 2 aromatic heterocycles. The van der Waals surface area contributed by atoms with Gasteiger partial charge in [0.1, 0.15) is 18.2 Å². The summed E-state index contributed by atoms with van der Waals surface area (Å²) in [5.41, 5.74) is 2.11. The van der Waals surface area contributed by atoms with Crippen molar-refractivity contribution in [2.24, 2.45) is 12.0 Å². The lowest BCUT2D eigenvalue weighted by Crippen LogP contribution is -2.39. The minimum absolute atomic E-state index is 0.446. The molecular formula is C21H30N8O. The second kappa shape index (κ2) is 10.5. The first-order chi connectivity index (χ1) is 14.6. The Morgan fingerprint density at radius 1 is 1.27 bits per heavy atom. The monoisotopic (exact) mass is 410 g/mol. The molecule has 0 spiro atoms. The van der Waals surface area contributed by atoms with Gasteiger partial charge in [0.2, 0.25) is 0 Å². The molecule has 0 bridgehead atoms. The highest BCUT2D eigenvalue weighted by Gasteiger charge is 2.12. The number of benzene rings is 1. The zero-order valence-electron chi connectivity index (χ0n) is 18.1. The van der Waals surface area contributed by atoms with Gasteiger partial charge in [0.25, 0.3) is 0 Å². The molecule has 0 amide bonds. The second-order valence-corrected chi connectivity index (χ2v) is 7.10. The number of methoxy groups -OCH3 is 1. The summed E-state index contributed by atoms with van der Waals surface area (Å²) in [6.45, 7) is 4.44. The van der Waals surface area contributed by atoms with E-state index in [0.29, 0.717) is 19.7 Å². The summed E-state index contributed by atoms with van der Waals surface area (Å²) >= 11 is 0. The van der Waals surface area contributed by atoms with Crippen LogP contribution in [0, 0.1) is 6.92 Å². The Morgan fingerprint density at radius 3 is 2.77 bits per heavy atom. The highest BCUT2D eigenvalue weighted by Crippen LogP contribution is 2.16. The van der Waals surface area contributed by atoms with Crippen molar-refractivity contribution in [3.05, 3.63) is 54.0 Å². The molecule has 0 unspecified atom stereocenters. The van der Waals surface area contributed by atoms with Gasteiger partial charge < -0.3 is 24.5 Å². The van der Waals surface area contributed by atoms with Crippen LogP contribution in [0.2, 0.25) is 0 Å². The average molecular weight is 411 g/mol. The Labute approximate surface area is 177 Å². The molecule has 9 nitrogen and oxygen atoms in total. The van der Waals surface area contributed by atoms with Crippen LogP contribution in [0.3, 0.4) is 0 Å². The maximum atomic E-state index is 5.14. The van der Waals surface area contributed by atoms with Crippen LogP contribution in [0.25, 0.3) is 11.3 Å². The predicted molar refractivity (Wildman–Crippen MR) is 117 cm³/mol. The molecule has 2 heterocycles. The van der Waals surface area contributed by atoms with Gasteiger partial charge >= 0.3 is 0 Å². The number of aliphatic imine (C=N–C) groups is 1. The Bertz CT molecular complexity index is 947. The van der Waals surface area contributed by atoms with Crippen LogP contribution < -0.4 is 5.32 Å². The normalized spacial score (nSPS) is 11.7. The maximum Gasteiger partial charge on any atom is 0.194 e. The van der Waals surface area contributed by atoms with Crippen LogP contribution >= 0.6 is 0 Å². The molecule has 0 aliphatic rings. The Balaban J connectivity index is 1.69. The van der Waals surface area contributed by atoms with E-state index in [-0.39, 0.29) is 0 Å². The lowest BCUT2D eigenvalue weighted by molar-refractivity contribution is 0.195. The number of aromatic nitrogens is 5. The summed E-state index contributed by atoms with van der Waals surface area (Å²) < 4.78 is 7.09. The molecule has 0 atom stereocenters. The third-order valence-electron chi connectivity index (χ3n) is 4.82. The van der Waals surface area contributed by atoms with Crippen molar-refractivity contribution >= 4 is 5.96 Å². The Morgan fingerprint density at radius 2 is 2.07 bits per heavy atom. The molecule has 0 saturated heterocycles. The third-order valence-corrected chi connectivity index (χ3v) is 4.82. The number of H-pyrrole nitrogens is 1. The van der Waals surface area contributed by atoms with Gasteiger partial charge in [-0.25, -0.2) is 9.98 Å². The van der Waals surface area contributed by atoms with Crippen LogP contribution in [0.15, 0.2) is 41.5 Å². The predicted octanol–water partition coefficient (Wildman–Crippen LogP) is 2.13. The number of nitrogens with one attached hydrogen (secondary N) is 2. The quantitative estimate of drug-likeness (QED) is 0.319. The molecule has 30 heavy (non-hydrogen) atoms. The summed E-state index contributed by atoms with van der Waals surface area (Å²) in [5.74, 6) is 3.34. The Kier molecular flexibility index (Phi) is 7.56. The fraction of sp³-hybridized carbons (Fsp3) is 0.429. The van der Waals surface area contributed by atoms with Gasteiger partial charge in [-0.2, -0.15) is 0 Å². The van der Waals surface area contributed by atoms with Crippen molar-refractivity contribution < 1.29 is 4.74 Å². The number of imidazole rings is 1. The molecule has 0 fully saturated rings. The summed E-state index contributed by atoms with van der Waals surface area (Å²) in [5, 5.41) is 11.7. The average Bonchev–Trinajstić information content (AvgIpc) is 3.35. The van der Waals surface area contributed by atoms with E-state index in [1.807, 2.05) is 54.9 Å². The first-order valence-electron chi connectivity index (χ1n) is 10.0. The molecule has 0 saturated carbocycles. The van der Waals surface area contributed by atoms with E-state index in [9.17, 15) is 0 Å². The van der Waals surface area contributed by atoms with Crippen molar-refractivity contribution in [2.45, 2.75) is 26.4 Å². The van der Waals surface area contributed by atoms with Crippen molar-refractivity contribution in [1.82, 2.24) is 34.9 Å². The fourth-order valence-electron chi connectivity index (χ4n) is 2.97. The number of hydrogen-bond acceptors (Lipinski definition) is 5. The summed E-state index contributed by atoms with van der Waals surface area (Å²) in [6, 6.07) is 10.2. The molecule has 9 heteroatoms. The number of guanidine groups is 1. The first kappa shape index (κ1) is 21.5. The van der Waals surface area contributed by atoms with Gasteiger partial charge in [0.15, 0.2) is 11.8 Å². The molecule has 160 valence electrons. The molecule has 3 aromatic rings. The van der Waals surface area contributed by atoms with Crippen LogP contribution in [-0.4, -0.2) is 62.9 Å². The molecule has 1 aromatic carbocycles. The fourth-order valence-corrected chi connectivity index (χ4v) is 2.97. The first-order valence-corrected chi connectivity index (χ1v) is 10.0. The number of aromatic amines is 1. The summed E-state index contributed by atoms with van der Waals surface area (Å²) in [7, 11) is 5.65. The standard InChI is InChI=1S/C21H30N8O/c1-16-26-27-20(29(16)3)14-24-21(22-11-8-12-30-4)28(2)15-19-23-13-18(25-19)17-9-6-5-7-10-17/h5-7,9-10,13H,8,11-12,14-15H2,1-4H3,(H,22,24)(H,23,25). The van der Waals surface area contributed by atoms with Crippen LogP contribution in [0.1, 0.15) is 23.9 Å². The number of hydrogen-bond donors (Lipinski definition) is 2. The van der Waals surface area contributed by atoms with Gasteiger partial charge in [-0.1, -0.05) is 30.3 Å². The molecule has 2 N–H and O–H groups in total. The van der Waals surface area contributed by atoms with E-state index in [0.717, 1.165) is 47.7 Å². The minimum atomic E-state index is 0.446. The summed E-state index contributed by atoms with van der Waals surface area (Å²) in [4.78, 5) is 14.7. The lowest BCUT2D eigenvalue weighted by atomic mass is 10.2. The van der Waals surface area contributed by atoms with Gasteiger partial charge in [-0.05, 0) is 18.9 Å². The van der Waals surface area contributed by atoms with Crippen LogP contribution in [0.4, 0.5) is 0 Å². The SMILES string of the molecule is COCCCNC(=NCc1nnc(C)n1C)N(C)Cc1ncc(-c2ccccc2)[nH]1. The third kappa shape index (κ3) is 5.66. The van der Waals surface area contributed by atoms with E-state index in [1.165, 1.54) is 0 Å². The van der Waals surface area contributed by atoms with Crippen molar-refractivity contribution in [3.8, 4) is 11.3 Å². The van der Waals surface area contributed by atoms with Crippen molar-refractivity contribution in [2.75, 3.05) is 27.3 Å². The highest BCUT2D eigenvalue weighted by atomic mass is 16.5. The molecule has 0 aliphatic carbocycles. The number of nitrogens with zero attached hydrogens (tertiary/aromatic N) is 6. The van der Waals surface area contributed by atoms with Crippen molar-refractivity contribution in [1.29, 1.82) is 0 Å². The second-order valence-electron chi connectivity index (χ2n) is 7.10. The topological polar surface area (TPSA) is 96.2 Å². The number of rotatable bonds is 9. The van der Waals surface area contributed by atoms with E-state index < -0.39 is 0 Å². The molecular weight excluding hydrogens is 380 g/mol. The van der Waals surface area contributed by atoms with E-state index in [1.54, 1.807) is 7.11 Å². The number of ether oxygens (including phenoxy) is 1. The van der Waals surface area contributed by atoms with Crippen LogP contribution in [0.5, 0.6) is 0 Å². The van der Waals surface area contributed by atoms with Gasteiger partial charge in [0.05, 0.1) is 18.4 Å². The Hall–Kier alpha value is -3.20. The maximum absolute atomic E-state index is 5.14. The van der Waals surface area contributed by atoms with Crippen molar-refractivity contribution in [3.63, 3.8) is 0 Å². The van der Waals surface area contributed by atoms with Gasteiger partial charge in [0, 0.05) is 34.4 Å². The molecule has 3 rings (SSSR count). The van der Waals surface area contributed by atoms with Gasteiger partial charge in [-0.15, -0.1) is 10.2 Å². The molecule has 0 aliphatic heterocycles. The van der Waals surface area contributed by atoms with E-state index in [4.69, 9.17) is 9.73 Å². The lowest BCUT2D eigenvalue weighted by Gasteiger charge is -2.21. The van der Waals surface area contributed by atoms with E-state index in [2.05, 4.69) is 37.6 Å². The summed E-state index contributed by atoms with van der Waals surface area (Å²) in [6.07, 6.45) is 2.76. The van der Waals surface area contributed by atoms with Crippen LogP contribution in [-0.2, 0) is 24.9 Å². The minimum Gasteiger partial charge on any atom is -0.385 e. The zero-order valence-corrected chi connectivity index (χ0v) is 18.1. The van der Waals surface area contributed by atoms with E-state index >= 15 is 0 Å². The van der Waals surface area contributed by atoms with Gasteiger partial charge in [-0.3, -0.25) is 0 Å². The largest absolute Gasteiger partial charge is 0.385 e. The zero-order chi connectivity index (χ0) is 21.3.